The normalized spacial score (nSPS) is 11.4. The van der Waals surface area contributed by atoms with Crippen molar-refractivity contribution in [1.82, 2.24) is 4.57 Å². The molecule has 2 nitrogen and oxygen atoms in total. The molecule has 9 aromatic rings. The van der Waals surface area contributed by atoms with Gasteiger partial charge >= 0.3 is 0 Å². The fourth-order valence-electron chi connectivity index (χ4n) is 7.57. The summed E-state index contributed by atoms with van der Waals surface area (Å²) in [5, 5.41) is 4.97. The molecule has 0 N–H and O–H groups in total. The minimum absolute atomic E-state index is 1.10. The maximum Gasteiger partial charge on any atom is 0.0543 e. The zero-order valence-corrected chi connectivity index (χ0v) is 28.2. The Morgan fingerprint density at radius 1 is 0.400 bits per heavy atom. The van der Waals surface area contributed by atoms with Crippen LogP contribution in [0.15, 0.2) is 182 Å². The predicted molar refractivity (Wildman–Crippen MR) is 213 cm³/mol. The van der Waals surface area contributed by atoms with Crippen LogP contribution in [-0.2, 0) is 0 Å². The van der Waals surface area contributed by atoms with Gasteiger partial charge in [0.1, 0.15) is 0 Å². The van der Waals surface area contributed by atoms with E-state index in [1.54, 1.807) is 0 Å². The summed E-state index contributed by atoms with van der Waals surface area (Å²) < 4.78 is 2.46. The van der Waals surface area contributed by atoms with E-state index >= 15 is 0 Å². The summed E-state index contributed by atoms with van der Waals surface area (Å²) in [6.45, 7) is 4.36. The van der Waals surface area contributed by atoms with E-state index in [0.29, 0.717) is 0 Å². The quantitative estimate of drug-likeness (QED) is 0.176. The summed E-state index contributed by atoms with van der Waals surface area (Å²) in [5.41, 5.74) is 14.2. The van der Waals surface area contributed by atoms with Crippen LogP contribution in [0.4, 0.5) is 17.1 Å². The van der Waals surface area contributed by atoms with E-state index in [4.69, 9.17) is 0 Å². The molecule has 0 atom stereocenters. The Hall–Kier alpha value is -6.38. The van der Waals surface area contributed by atoms with Crippen LogP contribution in [0, 0.1) is 13.8 Å². The van der Waals surface area contributed by atoms with Crippen molar-refractivity contribution in [3.63, 3.8) is 0 Å². The van der Waals surface area contributed by atoms with Gasteiger partial charge in [0, 0.05) is 33.0 Å². The van der Waals surface area contributed by atoms with Gasteiger partial charge in [-0.15, -0.1) is 0 Å². The molecule has 0 saturated heterocycles. The van der Waals surface area contributed by atoms with Crippen LogP contribution < -0.4 is 4.90 Å². The summed E-state index contributed by atoms with van der Waals surface area (Å²) >= 11 is 0. The Labute approximate surface area is 293 Å². The number of benzene rings is 8. The van der Waals surface area contributed by atoms with Gasteiger partial charge in [-0.3, -0.25) is 0 Å². The van der Waals surface area contributed by atoms with Gasteiger partial charge in [0.2, 0.25) is 0 Å². The Balaban J connectivity index is 1.29. The van der Waals surface area contributed by atoms with Crippen LogP contribution in [0.5, 0.6) is 0 Å². The Morgan fingerprint density at radius 2 is 0.980 bits per heavy atom. The molecule has 9 rings (SSSR count). The molecule has 0 unspecified atom stereocenters. The van der Waals surface area contributed by atoms with Crippen LogP contribution in [0.2, 0.25) is 0 Å². The van der Waals surface area contributed by atoms with Gasteiger partial charge in [-0.2, -0.15) is 0 Å². The molecule has 0 saturated carbocycles. The van der Waals surface area contributed by atoms with E-state index in [1.165, 1.54) is 66.1 Å². The van der Waals surface area contributed by atoms with Crippen molar-refractivity contribution in [2.75, 3.05) is 4.90 Å². The first-order valence-corrected chi connectivity index (χ1v) is 17.3. The van der Waals surface area contributed by atoms with E-state index < -0.39 is 0 Å². The number of hydrogen-bond donors (Lipinski definition) is 0. The first-order valence-electron chi connectivity index (χ1n) is 17.3. The minimum Gasteiger partial charge on any atom is -0.309 e. The van der Waals surface area contributed by atoms with Crippen molar-refractivity contribution in [1.29, 1.82) is 0 Å². The number of para-hydroxylation sites is 2. The highest BCUT2D eigenvalue weighted by atomic mass is 15.1. The molecular formula is C48H36N2. The SMILES string of the molecule is Cc1ccc2c3ccc(C)cc3n(-c3ccccc3-c3cccc(N(c4ccccc4-c4ccccc4)c4cccc5ccccc45)c3)c2c1. The smallest absolute Gasteiger partial charge is 0.0543 e. The second-order valence-electron chi connectivity index (χ2n) is 13.2. The standard InChI is InChI=1S/C48H36N2/c1-33-26-28-42-43-29-27-34(2)31-48(43)50(47(42)30-33)46-24-11-9-22-41(46)37-18-12-19-38(32-37)49(45-25-13-17-36-16-6-7-20-40(36)45)44-23-10-8-21-39(44)35-14-4-3-5-15-35/h3-32H,1-2H3. The lowest BCUT2D eigenvalue weighted by atomic mass is 9.99. The molecule has 0 fully saturated rings. The third kappa shape index (κ3) is 5.05. The minimum atomic E-state index is 1.10. The van der Waals surface area contributed by atoms with E-state index in [-0.39, 0.29) is 0 Å². The summed E-state index contributed by atoms with van der Waals surface area (Å²) in [7, 11) is 0. The average Bonchev–Trinajstić information content (AvgIpc) is 3.47. The second-order valence-corrected chi connectivity index (χ2v) is 13.2. The summed E-state index contributed by atoms with van der Waals surface area (Å²) in [6.07, 6.45) is 0. The Morgan fingerprint density at radius 3 is 1.76 bits per heavy atom. The van der Waals surface area contributed by atoms with Crippen LogP contribution in [-0.4, -0.2) is 4.57 Å². The van der Waals surface area contributed by atoms with Crippen molar-refractivity contribution in [3.8, 4) is 27.9 Å². The van der Waals surface area contributed by atoms with Gasteiger partial charge in [-0.05, 0) is 84.0 Å². The first kappa shape index (κ1) is 29.7. The van der Waals surface area contributed by atoms with Gasteiger partial charge in [-0.1, -0.05) is 140 Å². The molecule has 2 heteroatoms. The topological polar surface area (TPSA) is 8.17 Å². The maximum absolute atomic E-state index is 2.46. The molecule has 50 heavy (non-hydrogen) atoms. The lowest BCUT2D eigenvalue weighted by Crippen LogP contribution is -2.12. The van der Waals surface area contributed by atoms with E-state index in [9.17, 15) is 0 Å². The van der Waals surface area contributed by atoms with Crippen LogP contribution in [0.3, 0.4) is 0 Å². The fraction of sp³-hybridized carbons (Fsp3) is 0.0417. The number of aryl methyl sites for hydroxylation is 2. The molecule has 0 bridgehead atoms. The third-order valence-electron chi connectivity index (χ3n) is 9.88. The molecule has 0 spiro atoms. The number of anilines is 3. The number of nitrogens with zero attached hydrogens (tertiary/aromatic N) is 2. The van der Waals surface area contributed by atoms with Crippen molar-refractivity contribution in [2.24, 2.45) is 0 Å². The molecule has 0 radical (unpaired) electrons. The van der Waals surface area contributed by atoms with Gasteiger partial charge < -0.3 is 9.47 Å². The first-order chi connectivity index (χ1) is 24.6. The fourth-order valence-corrected chi connectivity index (χ4v) is 7.57. The van der Waals surface area contributed by atoms with Crippen molar-refractivity contribution >= 4 is 49.6 Å². The average molecular weight is 641 g/mol. The van der Waals surface area contributed by atoms with Crippen LogP contribution in [0.1, 0.15) is 11.1 Å². The summed E-state index contributed by atoms with van der Waals surface area (Å²) in [6, 6.07) is 66.2. The van der Waals surface area contributed by atoms with E-state index in [0.717, 1.165) is 22.6 Å². The molecule has 238 valence electrons. The number of rotatable bonds is 6. The number of fused-ring (bicyclic) bond motifs is 4. The van der Waals surface area contributed by atoms with Gasteiger partial charge in [0.25, 0.3) is 0 Å². The van der Waals surface area contributed by atoms with E-state index in [1.807, 2.05) is 0 Å². The zero-order valence-electron chi connectivity index (χ0n) is 28.2. The maximum atomic E-state index is 2.46. The zero-order chi connectivity index (χ0) is 33.6. The van der Waals surface area contributed by atoms with Crippen molar-refractivity contribution in [2.45, 2.75) is 13.8 Å². The number of hydrogen-bond acceptors (Lipinski definition) is 1. The van der Waals surface area contributed by atoms with Crippen molar-refractivity contribution < 1.29 is 0 Å². The largest absolute Gasteiger partial charge is 0.309 e. The van der Waals surface area contributed by atoms with Gasteiger partial charge in [-0.25, -0.2) is 0 Å². The molecule has 0 aliphatic heterocycles. The monoisotopic (exact) mass is 640 g/mol. The third-order valence-corrected chi connectivity index (χ3v) is 9.88. The highest BCUT2D eigenvalue weighted by Gasteiger charge is 2.21. The molecule has 1 heterocycles. The lowest BCUT2D eigenvalue weighted by molar-refractivity contribution is 1.17. The lowest BCUT2D eigenvalue weighted by Gasteiger charge is -2.29. The summed E-state index contributed by atoms with van der Waals surface area (Å²) in [5.74, 6) is 0. The Bertz CT molecular complexity index is 2620. The van der Waals surface area contributed by atoms with Gasteiger partial charge in [0.15, 0.2) is 0 Å². The summed E-state index contributed by atoms with van der Waals surface area (Å²) in [4.78, 5) is 2.43. The molecular weight excluding hydrogens is 605 g/mol. The molecule has 0 amide bonds. The Kier molecular flexibility index (Phi) is 7.29. The predicted octanol–water partition coefficient (Wildman–Crippen LogP) is 13.4. The second kappa shape index (κ2) is 12.3. The highest BCUT2D eigenvalue weighted by molar-refractivity contribution is 6.10. The molecule has 0 aliphatic carbocycles. The van der Waals surface area contributed by atoms with Crippen molar-refractivity contribution in [3.05, 3.63) is 193 Å². The number of aromatic nitrogens is 1. The van der Waals surface area contributed by atoms with Crippen LogP contribution >= 0.6 is 0 Å². The van der Waals surface area contributed by atoms with E-state index in [2.05, 4.69) is 205 Å². The highest BCUT2D eigenvalue weighted by Crippen LogP contribution is 2.45. The molecule has 1 aromatic heterocycles. The van der Waals surface area contributed by atoms with Crippen LogP contribution in [0.25, 0.3) is 60.5 Å². The molecule has 0 aliphatic rings. The van der Waals surface area contributed by atoms with Gasteiger partial charge in [0.05, 0.1) is 28.1 Å². The molecule has 8 aromatic carbocycles.